The van der Waals surface area contributed by atoms with Crippen molar-refractivity contribution in [2.45, 2.75) is 58.5 Å². The average Bonchev–Trinajstić information content (AvgIpc) is 2.41. The highest BCUT2D eigenvalue weighted by molar-refractivity contribution is 5.89. The molecule has 1 N–H and O–H groups in total. The zero-order valence-corrected chi connectivity index (χ0v) is 11.6. The van der Waals surface area contributed by atoms with Crippen molar-refractivity contribution < 1.29 is 9.59 Å². The summed E-state index contributed by atoms with van der Waals surface area (Å²) in [6, 6.07) is -0.0459. The predicted molar refractivity (Wildman–Crippen MR) is 69.9 cm³/mol. The normalized spacial score (nSPS) is 38.3. The third-order valence-electron chi connectivity index (χ3n) is 4.40. The fraction of sp³-hybridized carbons (Fsp3) is 0.857. The van der Waals surface area contributed by atoms with Gasteiger partial charge in [-0.2, -0.15) is 0 Å². The molecule has 1 aliphatic carbocycles. The van der Waals surface area contributed by atoms with Gasteiger partial charge in [0.15, 0.2) is 0 Å². The Labute approximate surface area is 109 Å². The van der Waals surface area contributed by atoms with Gasteiger partial charge in [0.2, 0.25) is 11.8 Å². The van der Waals surface area contributed by atoms with Gasteiger partial charge in [0.05, 0.1) is 0 Å². The molecule has 0 aromatic rings. The Kier molecular flexibility index (Phi) is 3.93. The fourth-order valence-electron chi connectivity index (χ4n) is 3.40. The first-order valence-electron chi connectivity index (χ1n) is 7.09. The predicted octanol–water partition coefficient (Wildman–Crippen LogP) is 1.55. The van der Waals surface area contributed by atoms with E-state index in [0.717, 1.165) is 12.3 Å². The summed E-state index contributed by atoms with van der Waals surface area (Å²) in [6.45, 7) is 6.89. The van der Waals surface area contributed by atoms with Crippen molar-refractivity contribution in [2.75, 3.05) is 6.54 Å². The van der Waals surface area contributed by atoms with Gasteiger partial charge in [0.25, 0.3) is 0 Å². The molecule has 0 bridgehead atoms. The third-order valence-corrected chi connectivity index (χ3v) is 4.40. The smallest absolute Gasteiger partial charge is 0.245 e. The maximum Gasteiger partial charge on any atom is 0.245 e. The lowest BCUT2D eigenvalue weighted by atomic mass is 9.79. The van der Waals surface area contributed by atoms with Crippen LogP contribution in [0.25, 0.3) is 0 Å². The maximum absolute atomic E-state index is 12.3. The molecule has 4 unspecified atom stereocenters. The van der Waals surface area contributed by atoms with E-state index in [-0.39, 0.29) is 17.9 Å². The number of hydrogen-bond acceptors (Lipinski definition) is 2. The molecule has 102 valence electrons. The largest absolute Gasteiger partial charge is 0.345 e. The summed E-state index contributed by atoms with van der Waals surface area (Å²) in [5, 5.41) is 2.75. The molecular formula is C14H24N2O2. The van der Waals surface area contributed by atoms with E-state index < -0.39 is 0 Å². The van der Waals surface area contributed by atoms with Gasteiger partial charge in [-0.3, -0.25) is 9.59 Å². The highest BCUT2D eigenvalue weighted by atomic mass is 16.2. The van der Waals surface area contributed by atoms with Crippen LogP contribution in [0.15, 0.2) is 0 Å². The van der Waals surface area contributed by atoms with Crippen LogP contribution in [0.3, 0.4) is 0 Å². The highest BCUT2D eigenvalue weighted by Gasteiger charge is 2.36. The Balaban J connectivity index is 2.10. The molecule has 18 heavy (non-hydrogen) atoms. The van der Waals surface area contributed by atoms with E-state index in [4.69, 9.17) is 0 Å². The van der Waals surface area contributed by atoms with Gasteiger partial charge >= 0.3 is 0 Å². The summed E-state index contributed by atoms with van der Waals surface area (Å²) >= 11 is 0. The van der Waals surface area contributed by atoms with E-state index in [1.165, 1.54) is 12.8 Å². The van der Waals surface area contributed by atoms with E-state index >= 15 is 0 Å². The van der Waals surface area contributed by atoms with Gasteiger partial charge in [-0.25, -0.2) is 0 Å². The fourth-order valence-corrected chi connectivity index (χ4v) is 3.40. The van der Waals surface area contributed by atoms with Crippen molar-refractivity contribution in [3.05, 3.63) is 0 Å². The summed E-state index contributed by atoms with van der Waals surface area (Å²) in [5.74, 6) is 1.39. The summed E-state index contributed by atoms with van der Waals surface area (Å²) in [6.07, 6.45) is 3.89. The molecule has 2 fully saturated rings. The molecule has 2 rings (SSSR count). The lowest BCUT2D eigenvalue weighted by Crippen LogP contribution is -2.50. The van der Waals surface area contributed by atoms with Gasteiger partial charge < -0.3 is 10.2 Å². The Morgan fingerprint density at radius 3 is 2.56 bits per heavy atom. The van der Waals surface area contributed by atoms with Crippen LogP contribution >= 0.6 is 0 Å². The molecule has 1 aliphatic heterocycles. The highest BCUT2D eigenvalue weighted by Crippen LogP contribution is 2.32. The number of rotatable bonds is 1. The van der Waals surface area contributed by atoms with Gasteiger partial charge in [-0.1, -0.05) is 13.8 Å². The molecule has 0 aromatic carbocycles. The average molecular weight is 252 g/mol. The van der Waals surface area contributed by atoms with Crippen LogP contribution < -0.4 is 5.32 Å². The number of amides is 2. The van der Waals surface area contributed by atoms with Crippen molar-refractivity contribution in [3.63, 3.8) is 0 Å². The molecular weight excluding hydrogens is 228 g/mol. The zero-order valence-electron chi connectivity index (χ0n) is 11.6. The molecule has 4 atom stereocenters. The van der Waals surface area contributed by atoms with Crippen LogP contribution in [0.4, 0.5) is 0 Å². The van der Waals surface area contributed by atoms with Crippen LogP contribution in [0.1, 0.15) is 46.5 Å². The van der Waals surface area contributed by atoms with E-state index in [1.54, 1.807) is 6.92 Å². The minimum Gasteiger partial charge on any atom is -0.345 e. The second-order valence-electron chi connectivity index (χ2n) is 6.03. The lowest BCUT2D eigenvalue weighted by Gasteiger charge is -2.40. The second-order valence-corrected chi connectivity index (χ2v) is 6.03. The summed E-state index contributed by atoms with van der Waals surface area (Å²) in [7, 11) is 0. The Bertz CT molecular complexity index is 343. The minimum absolute atomic E-state index is 0.00446. The van der Waals surface area contributed by atoms with Crippen molar-refractivity contribution >= 4 is 11.8 Å². The van der Waals surface area contributed by atoms with Gasteiger partial charge in [-0.15, -0.1) is 0 Å². The Morgan fingerprint density at radius 1 is 1.17 bits per heavy atom. The maximum atomic E-state index is 12.3. The number of nitrogens with zero attached hydrogens (tertiary/aromatic N) is 1. The van der Waals surface area contributed by atoms with Crippen molar-refractivity contribution in [2.24, 2.45) is 11.8 Å². The van der Waals surface area contributed by atoms with Crippen molar-refractivity contribution in [3.8, 4) is 0 Å². The number of nitrogens with one attached hydrogen (secondary N) is 1. The van der Waals surface area contributed by atoms with E-state index in [9.17, 15) is 9.59 Å². The molecule has 1 saturated heterocycles. The summed E-state index contributed by atoms with van der Waals surface area (Å²) in [4.78, 5) is 25.8. The summed E-state index contributed by atoms with van der Waals surface area (Å²) in [5.41, 5.74) is 0. The molecule has 2 aliphatic rings. The van der Waals surface area contributed by atoms with E-state index in [0.29, 0.717) is 24.9 Å². The number of carbonyl (C=O) groups excluding carboxylic acids is 2. The first kappa shape index (κ1) is 13.4. The van der Waals surface area contributed by atoms with Crippen LogP contribution in [-0.4, -0.2) is 35.3 Å². The van der Waals surface area contributed by atoms with Crippen molar-refractivity contribution in [1.29, 1.82) is 0 Å². The van der Waals surface area contributed by atoms with Crippen LogP contribution in [0.5, 0.6) is 0 Å². The first-order chi connectivity index (χ1) is 8.49. The van der Waals surface area contributed by atoms with Crippen LogP contribution in [0, 0.1) is 11.8 Å². The Hall–Kier alpha value is -1.06. The molecule has 1 heterocycles. The quantitative estimate of drug-likeness (QED) is 0.769. The zero-order chi connectivity index (χ0) is 13.3. The van der Waals surface area contributed by atoms with Gasteiger partial charge in [-0.05, 0) is 38.0 Å². The molecule has 2 amide bonds. The molecule has 1 saturated carbocycles. The topological polar surface area (TPSA) is 49.4 Å². The summed E-state index contributed by atoms with van der Waals surface area (Å²) < 4.78 is 0. The molecule has 0 spiro atoms. The molecule has 4 nitrogen and oxygen atoms in total. The first-order valence-corrected chi connectivity index (χ1v) is 7.09. The van der Waals surface area contributed by atoms with Gasteiger partial charge in [0.1, 0.15) is 6.04 Å². The number of hydrogen-bond donors (Lipinski definition) is 1. The van der Waals surface area contributed by atoms with Crippen LogP contribution in [0.2, 0.25) is 0 Å². The SMILES string of the molecule is CC1CCC(N2CCC(=O)NC(C)C2=O)C(C)C1. The van der Waals surface area contributed by atoms with Crippen molar-refractivity contribution in [1.82, 2.24) is 10.2 Å². The molecule has 4 heteroatoms. The third kappa shape index (κ3) is 2.68. The van der Waals surface area contributed by atoms with Crippen LogP contribution in [-0.2, 0) is 9.59 Å². The number of carbonyl (C=O) groups is 2. The minimum atomic E-state index is -0.369. The second kappa shape index (κ2) is 5.29. The lowest BCUT2D eigenvalue weighted by molar-refractivity contribution is -0.137. The molecule has 0 radical (unpaired) electrons. The monoisotopic (exact) mass is 252 g/mol. The van der Waals surface area contributed by atoms with Gasteiger partial charge in [0, 0.05) is 19.0 Å². The van der Waals surface area contributed by atoms with E-state index in [1.807, 2.05) is 4.90 Å². The Morgan fingerprint density at radius 2 is 1.89 bits per heavy atom. The molecule has 0 aromatic heterocycles. The standard InChI is InChI=1S/C14H24N2O2/c1-9-4-5-12(10(2)8-9)16-7-6-13(17)15-11(3)14(16)18/h9-12H,4-8H2,1-3H3,(H,15,17). The van der Waals surface area contributed by atoms with E-state index in [2.05, 4.69) is 19.2 Å².